The van der Waals surface area contributed by atoms with E-state index in [0.29, 0.717) is 16.7 Å². The molecule has 5 rings (SSSR count). The molecule has 0 amide bonds. The zero-order valence-corrected chi connectivity index (χ0v) is 13.0. The minimum Gasteiger partial charge on any atom is -0.367 e. The van der Waals surface area contributed by atoms with Gasteiger partial charge in [-0.3, -0.25) is 0 Å². The molecule has 0 radical (unpaired) electrons. The average Bonchev–Trinajstić information content (AvgIpc) is 2.66. The van der Waals surface area contributed by atoms with E-state index in [1.807, 2.05) is 0 Å². The minimum atomic E-state index is 0.245. The van der Waals surface area contributed by atoms with E-state index in [-0.39, 0.29) is 5.41 Å². The van der Waals surface area contributed by atoms with Gasteiger partial charge in [0.1, 0.15) is 0 Å². The largest absolute Gasteiger partial charge is 0.367 e. The highest BCUT2D eigenvalue weighted by molar-refractivity contribution is 5.44. The quantitative estimate of drug-likeness (QED) is 0.884. The van der Waals surface area contributed by atoms with Crippen LogP contribution in [0.2, 0.25) is 0 Å². The second kappa shape index (κ2) is 3.61. The maximum Gasteiger partial charge on any atom is 0.225 e. The summed E-state index contributed by atoms with van der Waals surface area (Å²) in [6.07, 6.45) is 9.03. The van der Waals surface area contributed by atoms with Gasteiger partial charge in [-0.05, 0) is 61.7 Å². The van der Waals surface area contributed by atoms with Crippen LogP contribution in [0.3, 0.4) is 0 Å². The summed E-state index contributed by atoms with van der Waals surface area (Å²) in [5.74, 6) is 1.43. The number of nitrogen functional groups attached to an aromatic ring is 1. The number of nitrogens with two attached hydrogens (primary N) is 1. The van der Waals surface area contributed by atoms with Crippen molar-refractivity contribution < 1.29 is 4.52 Å². The molecule has 0 saturated heterocycles. The molecule has 110 valence electrons. The molecule has 2 N–H and O–H groups in total. The lowest BCUT2D eigenvalue weighted by atomic mass is 9.39. The molecule has 4 aliphatic carbocycles. The van der Waals surface area contributed by atoms with Crippen LogP contribution in [0.4, 0.5) is 5.88 Å². The molecule has 20 heavy (non-hydrogen) atoms. The van der Waals surface area contributed by atoms with Gasteiger partial charge in [-0.15, -0.1) is 0 Å². The Labute approximate surface area is 121 Å². The molecular formula is C17H26N2O. The second-order valence-corrected chi connectivity index (χ2v) is 8.64. The highest BCUT2D eigenvalue weighted by Gasteiger charge is 2.61. The molecule has 4 fully saturated rings. The normalized spacial score (nSPS) is 46.0. The van der Waals surface area contributed by atoms with Gasteiger partial charge in [-0.25, -0.2) is 0 Å². The third kappa shape index (κ3) is 1.55. The van der Waals surface area contributed by atoms with Gasteiger partial charge in [0, 0.05) is 11.0 Å². The van der Waals surface area contributed by atoms with Gasteiger partial charge >= 0.3 is 0 Å². The Morgan fingerprint density at radius 3 is 2.35 bits per heavy atom. The van der Waals surface area contributed by atoms with Crippen LogP contribution >= 0.6 is 0 Å². The lowest BCUT2D eigenvalue weighted by Crippen LogP contribution is -2.57. The molecule has 4 bridgehead atoms. The van der Waals surface area contributed by atoms with Crippen LogP contribution in [0.1, 0.15) is 70.6 Å². The summed E-state index contributed by atoms with van der Waals surface area (Å²) >= 11 is 0. The smallest absolute Gasteiger partial charge is 0.225 e. The number of aromatic nitrogens is 1. The average molecular weight is 274 g/mol. The van der Waals surface area contributed by atoms with Crippen LogP contribution in [-0.2, 0) is 11.8 Å². The van der Waals surface area contributed by atoms with E-state index in [0.717, 1.165) is 12.3 Å². The van der Waals surface area contributed by atoms with Gasteiger partial charge in [0.05, 0.1) is 5.69 Å². The zero-order valence-electron chi connectivity index (χ0n) is 13.0. The Kier molecular flexibility index (Phi) is 2.30. The van der Waals surface area contributed by atoms with E-state index in [4.69, 9.17) is 10.3 Å². The van der Waals surface area contributed by atoms with E-state index in [1.165, 1.54) is 49.8 Å². The van der Waals surface area contributed by atoms with Crippen LogP contribution in [0.25, 0.3) is 0 Å². The van der Waals surface area contributed by atoms with Gasteiger partial charge < -0.3 is 10.3 Å². The van der Waals surface area contributed by atoms with Gasteiger partial charge in [0.2, 0.25) is 5.88 Å². The maximum absolute atomic E-state index is 6.01. The minimum absolute atomic E-state index is 0.245. The summed E-state index contributed by atoms with van der Waals surface area (Å²) in [5, 5.41) is 4.44. The number of hydrogen-bond donors (Lipinski definition) is 1. The fourth-order valence-corrected chi connectivity index (χ4v) is 6.79. The van der Waals surface area contributed by atoms with Crippen molar-refractivity contribution in [2.75, 3.05) is 5.73 Å². The second-order valence-electron chi connectivity index (χ2n) is 8.64. The van der Waals surface area contributed by atoms with Crippen molar-refractivity contribution in [3.05, 3.63) is 11.3 Å². The summed E-state index contributed by atoms with van der Waals surface area (Å²) in [7, 11) is 0. The highest BCUT2D eigenvalue weighted by Crippen LogP contribution is 2.70. The summed E-state index contributed by atoms with van der Waals surface area (Å²) < 4.78 is 5.37. The van der Waals surface area contributed by atoms with Gasteiger partial charge in [-0.2, -0.15) is 0 Å². The predicted octanol–water partition coefficient (Wildman–Crippen LogP) is 4.07. The number of nitrogens with zero attached hydrogens (tertiary/aromatic N) is 1. The molecule has 2 atom stereocenters. The number of anilines is 1. The standard InChI is InChI=1S/C17H26N2O/c1-4-12-13(19-20-14(12)18)17-7-11-5-15(2,9-17)8-16(3,6-11)10-17/h11H,4-10,18H2,1-3H3. The van der Waals surface area contributed by atoms with Crippen molar-refractivity contribution in [3.8, 4) is 0 Å². The molecule has 2 unspecified atom stereocenters. The first kappa shape index (κ1) is 12.7. The van der Waals surface area contributed by atoms with Gasteiger partial charge in [0.15, 0.2) is 0 Å². The summed E-state index contributed by atoms with van der Waals surface area (Å²) in [4.78, 5) is 0. The Morgan fingerprint density at radius 2 is 1.80 bits per heavy atom. The Hall–Kier alpha value is -0.990. The fraction of sp³-hybridized carbons (Fsp3) is 0.824. The maximum atomic E-state index is 6.01. The van der Waals surface area contributed by atoms with E-state index >= 15 is 0 Å². The van der Waals surface area contributed by atoms with Crippen LogP contribution in [0, 0.1) is 16.7 Å². The monoisotopic (exact) mass is 274 g/mol. The van der Waals surface area contributed by atoms with Crippen LogP contribution < -0.4 is 5.73 Å². The third-order valence-corrected chi connectivity index (χ3v) is 6.30. The molecule has 1 heterocycles. The molecule has 1 aromatic rings. The van der Waals surface area contributed by atoms with Crippen molar-refractivity contribution in [3.63, 3.8) is 0 Å². The van der Waals surface area contributed by atoms with Crippen molar-refractivity contribution in [2.24, 2.45) is 16.7 Å². The molecular weight excluding hydrogens is 248 g/mol. The van der Waals surface area contributed by atoms with Crippen molar-refractivity contribution in [2.45, 2.75) is 71.1 Å². The highest BCUT2D eigenvalue weighted by atomic mass is 16.5. The van der Waals surface area contributed by atoms with E-state index in [2.05, 4.69) is 25.9 Å². The van der Waals surface area contributed by atoms with E-state index < -0.39 is 0 Å². The first-order valence-electron chi connectivity index (χ1n) is 8.12. The third-order valence-electron chi connectivity index (χ3n) is 6.30. The number of hydrogen-bond acceptors (Lipinski definition) is 3. The van der Waals surface area contributed by atoms with Crippen molar-refractivity contribution >= 4 is 5.88 Å². The molecule has 4 aliphatic rings. The predicted molar refractivity (Wildman–Crippen MR) is 79.4 cm³/mol. The zero-order chi connectivity index (χ0) is 14.2. The summed E-state index contributed by atoms with van der Waals surface area (Å²) in [6.45, 7) is 7.16. The van der Waals surface area contributed by atoms with Gasteiger partial charge in [-0.1, -0.05) is 25.9 Å². The van der Waals surface area contributed by atoms with Crippen molar-refractivity contribution in [1.82, 2.24) is 5.16 Å². The molecule has 3 heteroatoms. The first-order valence-corrected chi connectivity index (χ1v) is 8.12. The first-order chi connectivity index (χ1) is 9.37. The number of rotatable bonds is 2. The van der Waals surface area contributed by atoms with Crippen LogP contribution in [0.5, 0.6) is 0 Å². The summed E-state index contributed by atoms with van der Waals surface area (Å²) in [6, 6.07) is 0. The van der Waals surface area contributed by atoms with Crippen LogP contribution in [0.15, 0.2) is 4.52 Å². The van der Waals surface area contributed by atoms with Gasteiger partial charge in [0.25, 0.3) is 0 Å². The molecule has 0 spiro atoms. The molecule has 4 saturated carbocycles. The Bertz CT molecular complexity index is 543. The van der Waals surface area contributed by atoms with E-state index in [9.17, 15) is 0 Å². The fourth-order valence-electron chi connectivity index (χ4n) is 6.79. The Balaban J connectivity index is 1.84. The SMILES string of the molecule is CCc1c(C23CC4CC(C)(CC(C)(C4)C2)C3)noc1N. The lowest BCUT2D eigenvalue weighted by molar-refractivity contribution is -0.112. The lowest BCUT2D eigenvalue weighted by Gasteiger charge is -2.65. The summed E-state index contributed by atoms with van der Waals surface area (Å²) in [5.41, 5.74) is 9.65. The van der Waals surface area contributed by atoms with E-state index in [1.54, 1.807) is 0 Å². The van der Waals surface area contributed by atoms with Crippen molar-refractivity contribution in [1.29, 1.82) is 0 Å². The van der Waals surface area contributed by atoms with Crippen LogP contribution in [-0.4, -0.2) is 5.16 Å². The Morgan fingerprint density at radius 1 is 1.15 bits per heavy atom. The molecule has 1 aromatic heterocycles. The molecule has 0 aromatic carbocycles. The topological polar surface area (TPSA) is 52.0 Å². The molecule has 0 aliphatic heterocycles. The molecule has 3 nitrogen and oxygen atoms in total.